The van der Waals surface area contributed by atoms with Crippen LogP contribution in [0.2, 0.25) is 0 Å². The summed E-state index contributed by atoms with van der Waals surface area (Å²) in [6.07, 6.45) is 0.803. The quantitative estimate of drug-likeness (QED) is 0.848. The zero-order chi connectivity index (χ0) is 17.3. The second-order valence-corrected chi connectivity index (χ2v) is 7.97. The lowest BCUT2D eigenvalue weighted by Crippen LogP contribution is -2.38. The minimum absolute atomic E-state index is 0. The Kier molecular flexibility index (Phi) is 6.05. The largest absolute Gasteiger partial charge is 0.326 e. The highest BCUT2D eigenvalue weighted by Crippen LogP contribution is 2.31. The molecule has 1 atom stereocenters. The molecule has 1 unspecified atom stereocenters. The van der Waals surface area contributed by atoms with E-state index in [1.807, 2.05) is 12.1 Å². The van der Waals surface area contributed by atoms with E-state index in [9.17, 15) is 13.2 Å². The smallest absolute Gasteiger partial charge is 0.243 e. The predicted octanol–water partition coefficient (Wildman–Crippen LogP) is 2.20. The number of hydrogen-bond donors (Lipinski definition) is 2. The number of nitrogens with zero attached hydrogens (tertiary/aromatic N) is 1. The van der Waals surface area contributed by atoms with Gasteiger partial charge in [0.1, 0.15) is 0 Å². The van der Waals surface area contributed by atoms with E-state index in [1.54, 1.807) is 31.3 Å². The van der Waals surface area contributed by atoms with E-state index in [1.165, 1.54) is 11.2 Å². The Morgan fingerprint density at radius 1 is 1.20 bits per heavy atom. The fourth-order valence-corrected chi connectivity index (χ4v) is 4.67. The highest BCUT2D eigenvalue weighted by Gasteiger charge is 2.31. The molecule has 2 aromatic rings. The molecule has 1 heterocycles. The van der Waals surface area contributed by atoms with Crippen LogP contribution in [0.1, 0.15) is 13.3 Å². The highest BCUT2D eigenvalue weighted by molar-refractivity contribution is 7.89. The maximum atomic E-state index is 13.1. The van der Waals surface area contributed by atoms with Crippen LogP contribution in [0.15, 0.2) is 41.3 Å². The van der Waals surface area contributed by atoms with Gasteiger partial charge < -0.3 is 10.6 Å². The van der Waals surface area contributed by atoms with Crippen molar-refractivity contribution in [2.75, 3.05) is 25.5 Å². The van der Waals surface area contributed by atoms with Gasteiger partial charge in [0.15, 0.2) is 0 Å². The van der Waals surface area contributed by atoms with Crippen molar-refractivity contribution in [3.63, 3.8) is 0 Å². The topological polar surface area (TPSA) is 78.5 Å². The first-order valence-electron chi connectivity index (χ1n) is 7.89. The number of sulfonamides is 1. The van der Waals surface area contributed by atoms with Gasteiger partial charge in [-0.1, -0.05) is 24.3 Å². The van der Waals surface area contributed by atoms with Gasteiger partial charge in [0, 0.05) is 43.0 Å². The monoisotopic (exact) mass is 383 g/mol. The van der Waals surface area contributed by atoms with Crippen molar-refractivity contribution in [2.45, 2.75) is 24.3 Å². The Labute approximate surface area is 154 Å². The standard InChI is InChI=1S/C17H21N3O3S.ClH/c1-12(21)19-16-7-8-17(15-6-4-3-5-14(15)16)24(22,23)20(2)13-9-10-18-11-13;/h3-8,13,18H,9-11H2,1-2H3,(H,19,21);1H. The van der Waals surface area contributed by atoms with E-state index in [4.69, 9.17) is 0 Å². The summed E-state index contributed by atoms with van der Waals surface area (Å²) in [6.45, 7) is 2.92. The van der Waals surface area contributed by atoms with Crippen molar-refractivity contribution < 1.29 is 13.2 Å². The fraction of sp³-hybridized carbons (Fsp3) is 0.353. The summed E-state index contributed by atoms with van der Waals surface area (Å²) >= 11 is 0. The molecule has 1 aliphatic heterocycles. The number of likely N-dealkylation sites (N-methyl/N-ethyl adjacent to an activating group) is 1. The average Bonchev–Trinajstić information content (AvgIpc) is 3.08. The molecule has 1 aliphatic rings. The van der Waals surface area contributed by atoms with Crippen LogP contribution in [0.4, 0.5) is 5.69 Å². The van der Waals surface area contributed by atoms with Gasteiger partial charge in [0.05, 0.1) is 4.90 Å². The Hall–Kier alpha value is -1.67. The van der Waals surface area contributed by atoms with Gasteiger partial charge in [-0.2, -0.15) is 4.31 Å². The van der Waals surface area contributed by atoms with Crippen LogP contribution in [0.3, 0.4) is 0 Å². The molecule has 0 radical (unpaired) electrons. The number of carbonyl (C=O) groups is 1. The third kappa shape index (κ3) is 3.79. The normalized spacial score (nSPS) is 17.5. The first-order chi connectivity index (χ1) is 11.4. The lowest BCUT2D eigenvalue weighted by molar-refractivity contribution is -0.114. The zero-order valence-electron chi connectivity index (χ0n) is 14.2. The first kappa shape index (κ1) is 19.7. The molecule has 1 fully saturated rings. The van der Waals surface area contributed by atoms with Gasteiger partial charge >= 0.3 is 0 Å². The van der Waals surface area contributed by atoms with Crippen molar-refractivity contribution >= 4 is 44.8 Å². The van der Waals surface area contributed by atoms with Crippen LogP contribution < -0.4 is 10.6 Å². The molecule has 0 bridgehead atoms. The number of amides is 1. The molecule has 8 heteroatoms. The van der Waals surface area contributed by atoms with Gasteiger partial charge in [-0.15, -0.1) is 12.4 Å². The molecule has 0 saturated carbocycles. The number of rotatable bonds is 4. The summed E-state index contributed by atoms with van der Waals surface area (Å²) in [6, 6.07) is 10.4. The van der Waals surface area contributed by atoms with Crippen molar-refractivity contribution in [1.82, 2.24) is 9.62 Å². The Morgan fingerprint density at radius 3 is 2.48 bits per heavy atom. The molecule has 2 N–H and O–H groups in total. The van der Waals surface area contributed by atoms with Crippen LogP contribution in [-0.4, -0.2) is 44.8 Å². The van der Waals surface area contributed by atoms with Crippen molar-refractivity contribution in [3.8, 4) is 0 Å². The van der Waals surface area contributed by atoms with Crippen LogP contribution in [0.5, 0.6) is 0 Å². The molecule has 2 aromatic carbocycles. The maximum Gasteiger partial charge on any atom is 0.243 e. The van der Waals surface area contributed by atoms with E-state index >= 15 is 0 Å². The number of anilines is 1. The van der Waals surface area contributed by atoms with Crippen molar-refractivity contribution in [1.29, 1.82) is 0 Å². The zero-order valence-corrected chi connectivity index (χ0v) is 15.8. The summed E-state index contributed by atoms with van der Waals surface area (Å²) in [5.41, 5.74) is 0.613. The summed E-state index contributed by atoms with van der Waals surface area (Å²) in [4.78, 5) is 11.6. The van der Waals surface area contributed by atoms with Gasteiger partial charge in [-0.3, -0.25) is 4.79 Å². The number of nitrogens with one attached hydrogen (secondary N) is 2. The summed E-state index contributed by atoms with van der Waals surface area (Å²) in [7, 11) is -1.99. The van der Waals surface area contributed by atoms with E-state index in [0.29, 0.717) is 23.0 Å². The molecule has 25 heavy (non-hydrogen) atoms. The third-order valence-electron chi connectivity index (χ3n) is 4.40. The second-order valence-electron chi connectivity index (χ2n) is 6.01. The van der Waals surface area contributed by atoms with E-state index in [-0.39, 0.29) is 29.3 Å². The van der Waals surface area contributed by atoms with E-state index in [2.05, 4.69) is 10.6 Å². The molecule has 1 amide bonds. The van der Waals surface area contributed by atoms with Crippen molar-refractivity contribution in [3.05, 3.63) is 36.4 Å². The molecule has 0 spiro atoms. The molecular weight excluding hydrogens is 362 g/mol. The predicted molar refractivity (Wildman–Crippen MR) is 102 cm³/mol. The molecular formula is C17H22ClN3O3S. The highest BCUT2D eigenvalue weighted by atomic mass is 35.5. The summed E-state index contributed by atoms with van der Waals surface area (Å²) in [5, 5.41) is 7.27. The number of benzene rings is 2. The first-order valence-corrected chi connectivity index (χ1v) is 9.33. The second kappa shape index (κ2) is 7.70. The third-order valence-corrected chi connectivity index (χ3v) is 6.37. The lowest BCUT2D eigenvalue weighted by atomic mass is 10.1. The minimum atomic E-state index is -3.61. The molecule has 6 nitrogen and oxygen atoms in total. The maximum absolute atomic E-state index is 13.1. The number of hydrogen-bond acceptors (Lipinski definition) is 4. The van der Waals surface area contributed by atoms with Gasteiger partial charge in [0.2, 0.25) is 15.9 Å². The average molecular weight is 384 g/mol. The number of fused-ring (bicyclic) bond motifs is 1. The molecule has 1 saturated heterocycles. The Bertz CT molecular complexity index is 880. The van der Waals surface area contributed by atoms with Gasteiger partial charge in [-0.05, 0) is 25.1 Å². The lowest BCUT2D eigenvalue weighted by Gasteiger charge is -2.24. The van der Waals surface area contributed by atoms with Crippen LogP contribution in [-0.2, 0) is 14.8 Å². The molecule has 0 aliphatic carbocycles. The summed E-state index contributed by atoms with van der Waals surface area (Å²) in [5.74, 6) is -0.190. The van der Waals surface area contributed by atoms with E-state index < -0.39 is 10.0 Å². The Balaban J connectivity index is 0.00000225. The minimum Gasteiger partial charge on any atom is -0.326 e. The van der Waals surface area contributed by atoms with Crippen LogP contribution in [0.25, 0.3) is 10.8 Å². The summed E-state index contributed by atoms with van der Waals surface area (Å²) < 4.78 is 27.6. The number of halogens is 1. The van der Waals surface area contributed by atoms with Crippen LogP contribution in [0, 0.1) is 0 Å². The van der Waals surface area contributed by atoms with Crippen molar-refractivity contribution in [2.24, 2.45) is 0 Å². The molecule has 0 aromatic heterocycles. The Morgan fingerprint density at radius 2 is 1.88 bits per heavy atom. The molecule has 136 valence electrons. The van der Waals surface area contributed by atoms with Crippen LogP contribution >= 0.6 is 12.4 Å². The molecule has 3 rings (SSSR count). The van der Waals surface area contributed by atoms with E-state index in [0.717, 1.165) is 13.0 Å². The SMILES string of the molecule is CC(=O)Nc1ccc(S(=O)(=O)N(C)C2CCNC2)c2ccccc12.Cl. The van der Waals surface area contributed by atoms with Gasteiger partial charge in [-0.25, -0.2) is 8.42 Å². The van der Waals surface area contributed by atoms with Gasteiger partial charge in [0.25, 0.3) is 0 Å². The fourth-order valence-electron chi connectivity index (χ4n) is 3.10. The number of carbonyl (C=O) groups excluding carboxylic acids is 1.